The Morgan fingerprint density at radius 2 is 1.91 bits per heavy atom. The number of nitrogens with one attached hydrogen (secondary N) is 1. The third-order valence-corrected chi connectivity index (χ3v) is 5.63. The normalized spacial score (nSPS) is 11.6. The van der Waals surface area contributed by atoms with Crippen LogP contribution < -0.4 is 10.2 Å². The minimum atomic E-state index is -4.54. The van der Waals surface area contributed by atoms with Crippen LogP contribution in [0.1, 0.15) is 23.7 Å². The molecule has 10 heteroatoms. The van der Waals surface area contributed by atoms with Crippen molar-refractivity contribution in [3.8, 4) is 0 Å². The van der Waals surface area contributed by atoms with Gasteiger partial charge in [0.25, 0.3) is 0 Å². The summed E-state index contributed by atoms with van der Waals surface area (Å²) in [5, 5.41) is 5.01. The van der Waals surface area contributed by atoms with Gasteiger partial charge < -0.3 is 5.32 Å². The van der Waals surface area contributed by atoms with Crippen LogP contribution in [-0.2, 0) is 15.8 Å². The second kappa shape index (κ2) is 9.54. The maximum atomic E-state index is 13.0. The van der Waals surface area contributed by atoms with Gasteiger partial charge in [0.05, 0.1) is 16.9 Å². The van der Waals surface area contributed by atoms with Crippen LogP contribution in [0.2, 0.25) is 5.02 Å². The summed E-state index contributed by atoms with van der Waals surface area (Å²) < 4.78 is 39.1. The van der Waals surface area contributed by atoms with E-state index in [2.05, 4.69) is 10.3 Å². The molecule has 1 N–H and O–H groups in total. The van der Waals surface area contributed by atoms with Crippen LogP contribution in [0.15, 0.2) is 53.9 Å². The van der Waals surface area contributed by atoms with E-state index in [0.29, 0.717) is 16.4 Å². The van der Waals surface area contributed by atoms with E-state index < -0.39 is 23.6 Å². The molecule has 0 aliphatic heterocycles. The highest BCUT2D eigenvalue weighted by Gasteiger charge is 2.31. The van der Waals surface area contributed by atoms with Gasteiger partial charge in [0, 0.05) is 29.1 Å². The monoisotopic (exact) mass is 479 g/mol. The molecule has 1 aromatic heterocycles. The molecule has 0 unspecified atom stereocenters. The molecule has 0 aliphatic rings. The van der Waals surface area contributed by atoms with Crippen LogP contribution in [0.4, 0.5) is 29.7 Å². The van der Waals surface area contributed by atoms with Crippen LogP contribution in [0.25, 0.3) is 6.08 Å². The van der Waals surface area contributed by atoms with Crippen molar-refractivity contribution in [1.29, 1.82) is 0 Å². The van der Waals surface area contributed by atoms with Crippen molar-refractivity contribution in [2.24, 2.45) is 0 Å². The molecule has 5 nitrogen and oxygen atoms in total. The van der Waals surface area contributed by atoms with E-state index in [4.69, 9.17) is 11.6 Å². The summed E-state index contributed by atoms with van der Waals surface area (Å²) in [5.41, 5.74) is 0.849. The number of carbonyl (C=O) groups is 2. The van der Waals surface area contributed by atoms with E-state index in [-0.39, 0.29) is 10.8 Å². The molecule has 0 bridgehead atoms. The van der Waals surface area contributed by atoms with Gasteiger partial charge in [-0.25, -0.2) is 4.98 Å². The van der Waals surface area contributed by atoms with Gasteiger partial charge in [0.1, 0.15) is 0 Å². The maximum absolute atomic E-state index is 13.0. The van der Waals surface area contributed by atoms with Gasteiger partial charge in [-0.3, -0.25) is 14.5 Å². The Balaban J connectivity index is 1.79. The van der Waals surface area contributed by atoms with Gasteiger partial charge in [-0.1, -0.05) is 23.7 Å². The fourth-order valence-corrected chi connectivity index (χ4v) is 3.81. The van der Waals surface area contributed by atoms with E-state index in [0.717, 1.165) is 33.9 Å². The Morgan fingerprint density at radius 3 is 2.59 bits per heavy atom. The summed E-state index contributed by atoms with van der Waals surface area (Å²) in [6.07, 6.45) is -1.83. The van der Waals surface area contributed by atoms with Crippen molar-refractivity contribution in [2.45, 2.75) is 20.0 Å². The number of nitrogens with zero attached hydrogens (tertiary/aromatic N) is 2. The standard InChI is InChI=1S/C22H17ClF3N3O2S/c1-13-18(23)7-4-8-19(13)28-20(31)10-9-16-12-32-21(27-16)29(14(2)30)17-6-3-5-15(11-17)22(24,25)26/h3-12H,1-2H3,(H,28,31)/b10-9+. The molecule has 0 aliphatic carbocycles. The molecule has 0 radical (unpaired) electrons. The van der Waals surface area contributed by atoms with Gasteiger partial charge in [-0.2, -0.15) is 13.2 Å². The third kappa shape index (κ3) is 5.54. The summed E-state index contributed by atoms with van der Waals surface area (Å²) in [4.78, 5) is 29.7. The van der Waals surface area contributed by atoms with Crippen LogP contribution in [-0.4, -0.2) is 16.8 Å². The van der Waals surface area contributed by atoms with E-state index in [1.165, 1.54) is 31.2 Å². The Kier molecular flexibility index (Phi) is 7.00. The maximum Gasteiger partial charge on any atom is 0.416 e. The number of anilines is 3. The Bertz CT molecular complexity index is 1190. The van der Waals surface area contributed by atoms with Crippen LogP contribution >= 0.6 is 22.9 Å². The molecular formula is C22H17ClF3N3O2S. The van der Waals surface area contributed by atoms with Crippen molar-refractivity contribution in [3.05, 3.63) is 75.8 Å². The van der Waals surface area contributed by atoms with Gasteiger partial charge in [-0.05, 0) is 48.9 Å². The topological polar surface area (TPSA) is 62.3 Å². The fraction of sp³-hybridized carbons (Fsp3) is 0.136. The van der Waals surface area contributed by atoms with E-state index in [9.17, 15) is 22.8 Å². The Hall–Kier alpha value is -3.17. The lowest BCUT2D eigenvalue weighted by atomic mass is 10.2. The number of aromatic nitrogens is 1. The van der Waals surface area contributed by atoms with Gasteiger partial charge in [0.2, 0.25) is 11.8 Å². The molecular weight excluding hydrogens is 463 g/mol. The lowest BCUT2D eigenvalue weighted by molar-refractivity contribution is -0.137. The molecule has 0 fully saturated rings. The summed E-state index contributed by atoms with van der Waals surface area (Å²) in [6.45, 7) is 3.01. The number of amides is 2. The highest BCUT2D eigenvalue weighted by atomic mass is 35.5. The van der Waals surface area contributed by atoms with E-state index >= 15 is 0 Å². The average Bonchev–Trinajstić information content (AvgIpc) is 3.18. The molecule has 0 saturated heterocycles. The number of rotatable bonds is 5. The van der Waals surface area contributed by atoms with Crippen molar-refractivity contribution in [3.63, 3.8) is 0 Å². The zero-order valence-corrected chi connectivity index (χ0v) is 18.5. The number of halogens is 4. The fourth-order valence-electron chi connectivity index (χ4n) is 2.78. The third-order valence-electron chi connectivity index (χ3n) is 4.38. The van der Waals surface area contributed by atoms with Gasteiger partial charge in [-0.15, -0.1) is 11.3 Å². The van der Waals surface area contributed by atoms with Crippen molar-refractivity contribution in [1.82, 2.24) is 4.98 Å². The Labute approximate surface area is 191 Å². The number of carbonyl (C=O) groups excluding carboxylic acids is 2. The van der Waals surface area contributed by atoms with E-state index in [1.54, 1.807) is 30.5 Å². The first-order valence-corrected chi connectivity index (χ1v) is 10.5. The quantitative estimate of drug-likeness (QED) is 0.427. The van der Waals surface area contributed by atoms with Crippen LogP contribution in [0.3, 0.4) is 0 Å². The van der Waals surface area contributed by atoms with Crippen LogP contribution in [0, 0.1) is 6.92 Å². The highest BCUT2D eigenvalue weighted by Crippen LogP contribution is 2.35. The molecule has 166 valence electrons. The van der Waals surface area contributed by atoms with Crippen molar-refractivity contribution >= 4 is 57.3 Å². The molecule has 2 amide bonds. The number of hydrogen-bond acceptors (Lipinski definition) is 4. The molecule has 3 aromatic rings. The molecule has 2 aromatic carbocycles. The van der Waals surface area contributed by atoms with Crippen molar-refractivity contribution < 1.29 is 22.8 Å². The van der Waals surface area contributed by atoms with Gasteiger partial charge >= 0.3 is 6.18 Å². The number of thiazole rings is 1. The van der Waals surface area contributed by atoms with Crippen LogP contribution in [0.5, 0.6) is 0 Å². The number of benzene rings is 2. The molecule has 0 saturated carbocycles. The summed E-state index contributed by atoms with van der Waals surface area (Å²) >= 11 is 7.11. The molecule has 0 atom stereocenters. The summed E-state index contributed by atoms with van der Waals surface area (Å²) in [7, 11) is 0. The number of hydrogen-bond donors (Lipinski definition) is 1. The predicted molar refractivity (Wildman–Crippen MR) is 120 cm³/mol. The highest BCUT2D eigenvalue weighted by molar-refractivity contribution is 7.14. The minimum Gasteiger partial charge on any atom is -0.322 e. The SMILES string of the molecule is CC(=O)N(c1cccc(C(F)(F)F)c1)c1nc(/C=C/C(=O)Nc2cccc(Cl)c2C)cs1. The molecule has 3 rings (SSSR count). The first-order valence-electron chi connectivity index (χ1n) is 9.24. The largest absolute Gasteiger partial charge is 0.416 e. The summed E-state index contributed by atoms with van der Waals surface area (Å²) in [5.74, 6) is -0.908. The smallest absolute Gasteiger partial charge is 0.322 e. The summed E-state index contributed by atoms with van der Waals surface area (Å²) in [6, 6.07) is 9.58. The zero-order chi connectivity index (χ0) is 23.5. The molecule has 0 spiro atoms. The number of alkyl halides is 3. The lowest BCUT2D eigenvalue weighted by Gasteiger charge is -2.19. The first-order chi connectivity index (χ1) is 15.1. The molecule has 1 heterocycles. The second-order valence-corrected chi connectivity index (χ2v) is 7.94. The minimum absolute atomic E-state index is 0.0476. The molecule has 32 heavy (non-hydrogen) atoms. The zero-order valence-electron chi connectivity index (χ0n) is 16.9. The second-order valence-electron chi connectivity index (χ2n) is 6.69. The average molecular weight is 480 g/mol. The van der Waals surface area contributed by atoms with Crippen molar-refractivity contribution in [2.75, 3.05) is 10.2 Å². The van der Waals surface area contributed by atoms with E-state index in [1.807, 2.05) is 0 Å². The van der Waals surface area contributed by atoms with Gasteiger partial charge in [0.15, 0.2) is 5.13 Å². The predicted octanol–water partition coefficient (Wildman–Crippen LogP) is 6.46. The lowest BCUT2D eigenvalue weighted by Crippen LogP contribution is -2.23. The Morgan fingerprint density at radius 1 is 1.19 bits per heavy atom. The first kappa shape index (κ1) is 23.5.